The van der Waals surface area contributed by atoms with Gasteiger partial charge in [-0.05, 0) is 42.5 Å². The van der Waals surface area contributed by atoms with Gasteiger partial charge in [0.15, 0.2) is 0 Å². The third-order valence-electron chi connectivity index (χ3n) is 3.71. The van der Waals surface area contributed by atoms with Crippen LogP contribution in [0.15, 0.2) is 30.5 Å². The number of benzene rings is 1. The Labute approximate surface area is 112 Å². The van der Waals surface area contributed by atoms with Gasteiger partial charge in [-0.25, -0.2) is 4.98 Å². The van der Waals surface area contributed by atoms with Crippen molar-refractivity contribution in [2.45, 2.75) is 18.9 Å². The van der Waals surface area contributed by atoms with Crippen LogP contribution in [0.1, 0.15) is 18.4 Å². The molecule has 0 unspecified atom stereocenters. The van der Waals surface area contributed by atoms with Crippen LogP contribution in [-0.4, -0.2) is 24.1 Å². The number of nitrogens with zero attached hydrogens (tertiary/aromatic N) is 3. The Morgan fingerprint density at radius 1 is 1.26 bits per heavy atom. The molecular weight excluding hydrogens is 236 g/mol. The van der Waals surface area contributed by atoms with Crippen LogP contribution in [0.5, 0.6) is 0 Å². The van der Waals surface area contributed by atoms with E-state index in [1.165, 1.54) is 0 Å². The van der Waals surface area contributed by atoms with Crippen LogP contribution < -0.4 is 10.6 Å². The van der Waals surface area contributed by atoms with E-state index in [1.54, 1.807) is 0 Å². The first-order valence-corrected chi connectivity index (χ1v) is 6.57. The van der Waals surface area contributed by atoms with Crippen LogP contribution in [0, 0.1) is 11.3 Å². The highest BCUT2D eigenvalue weighted by Crippen LogP contribution is 2.27. The van der Waals surface area contributed by atoms with Crippen molar-refractivity contribution in [1.29, 1.82) is 5.26 Å². The molecule has 0 atom stereocenters. The number of pyridine rings is 1. The molecule has 1 fully saturated rings. The fourth-order valence-electron chi connectivity index (χ4n) is 2.59. The minimum Gasteiger partial charge on any atom is -0.356 e. The quantitative estimate of drug-likeness (QED) is 0.843. The number of anilines is 1. The van der Waals surface area contributed by atoms with Crippen molar-refractivity contribution < 1.29 is 0 Å². The van der Waals surface area contributed by atoms with E-state index in [0.29, 0.717) is 11.6 Å². The molecule has 0 spiro atoms. The first-order chi connectivity index (χ1) is 9.28. The van der Waals surface area contributed by atoms with Gasteiger partial charge in [-0.1, -0.05) is 0 Å². The van der Waals surface area contributed by atoms with Crippen molar-refractivity contribution in [3.05, 3.63) is 36.0 Å². The standard InChI is InChI=1S/C15H16N4/c16-10-11-1-2-14-12(9-11)3-6-18-15(14)19-7-4-13(17)5-8-19/h1-3,6,9,13H,4-5,7-8,17H2. The van der Waals surface area contributed by atoms with E-state index in [9.17, 15) is 0 Å². The van der Waals surface area contributed by atoms with Gasteiger partial charge in [0, 0.05) is 30.7 Å². The third-order valence-corrected chi connectivity index (χ3v) is 3.71. The fourth-order valence-corrected chi connectivity index (χ4v) is 2.59. The molecule has 4 nitrogen and oxygen atoms in total. The minimum atomic E-state index is 0.316. The number of nitrogens with two attached hydrogens (primary N) is 1. The summed E-state index contributed by atoms with van der Waals surface area (Å²) in [5.74, 6) is 1.01. The molecule has 0 radical (unpaired) electrons. The predicted octanol–water partition coefficient (Wildman–Crippen LogP) is 2.03. The third kappa shape index (κ3) is 2.25. The van der Waals surface area contributed by atoms with Crippen LogP contribution >= 0.6 is 0 Å². The van der Waals surface area contributed by atoms with E-state index >= 15 is 0 Å². The summed E-state index contributed by atoms with van der Waals surface area (Å²) in [6.45, 7) is 1.90. The zero-order valence-electron chi connectivity index (χ0n) is 10.7. The molecule has 0 bridgehead atoms. The second kappa shape index (κ2) is 4.87. The van der Waals surface area contributed by atoms with E-state index in [4.69, 9.17) is 11.0 Å². The summed E-state index contributed by atoms with van der Waals surface area (Å²) in [7, 11) is 0. The first kappa shape index (κ1) is 11.9. The van der Waals surface area contributed by atoms with E-state index < -0.39 is 0 Å². The number of piperidine rings is 1. The molecular formula is C15H16N4. The molecule has 0 aliphatic carbocycles. The SMILES string of the molecule is N#Cc1ccc2c(N3CCC(N)CC3)nccc2c1. The lowest BCUT2D eigenvalue weighted by molar-refractivity contribution is 0.499. The molecule has 4 heteroatoms. The van der Waals surface area contributed by atoms with Crippen LogP contribution in [0.3, 0.4) is 0 Å². The van der Waals surface area contributed by atoms with Crippen molar-refractivity contribution in [2.75, 3.05) is 18.0 Å². The molecule has 0 saturated carbocycles. The minimum absolute atomic E-state index is 0.316. The lowest BCUT2D eigenvalue weighted by Crippen LogP contribution is -2.40. The van der Waals surface area contributed by atoms with Gasteiger partial charge in [-0.3, -0.25) is 0 Å². The zero-order chi connectivity index (χ0) is 13.2. The highest BCUT2D eigenvalue weighted by molar-refractivity contribution is 5.93. The molecule has 0 amide bonds. The number of hydrogen-bond acceptors (Lipinski definition) is 4. The second-order valence-electron chi connectivity index (χ2n) is 5.01. The van der Waals surface area contributed by atoms with Gasteiger partial charge in [-0.15, -0.1) is 0 Å². The van der Waals surface area contributed by atoms with E-state index in [-0.39, 0.29) is 0 Å². The molecule has 1 aliphatic heterocycles. The number of fused-ring (bicyclic) bond motifs is 1. The van der Waals surface area contributed by atoms with Gasteiger partial charge < -0.3 is 10.6 Å². The van der Waals surface area contributed by atoms with Crippen molar-refractivity contribution in [2.24, 2.45) is 5.73 Å². The van der Waals surface area contributed by atoms with Crippen LogP contribution in [0.2, 0.25) is 0 Å². The smallest absolute Gasteiger partial charge is 0.136 e. The van der Waals surface area contributed by atoms with Crippen LogP contribution in [0.25, 0.3) is 10.8 Å². The maximum atomic E-state index is 8.95. The van der Waals surface area contributed by atoms with Crippen LogP contribution in [-0.2, 0) is 0 Å². The first-order valence-electron chi connectivity index (χ1n) is 6.57. The largest absolute Gasteiger partial charge is 0.356 e. The Kier molecular flexibility index (Phi) is 3.06. The van der Waals surface area contributed by atoms with Gasteiger partial charge in [0.05, 0.1) is 11.6 Å². The molecule has 1 aliphatic rings. The normalized spacial score (nSPS) is 16.5. The second-order valence-corrected chi connectivity index (χ2v) is 5.01. The monoisotopic (exact) mass is 252 g/mol. The summed E-state index contributed by atoms with van der Waals surface area (Å²) in [4.78, 5) is 6.80. The maximum Gasteiger partial charge on any atom is 0.136 e. The topological polar surface area (TPSA) is 65.9 Å². The summed E-state index contributed by atoms with van der Waals surface area (Å²) in [6, 6.07) is 10.2. The van der Waals surface area contributed by atoms with Gasteiger partial charge in [-0.2, -0.15) is 5.26 Å². The molecule has 96 valence electrons. The van der Waals surface area contributed by atoms with Crippen molar-refractivity contribution in [1.82, 2.24) is 4.98 Å². The van der Waals surface area contributed by atoms with Crippen LogP contribution in [0.4, 0.5) is 5.82 Å². The van der Waals surface area contributed by atoms with E-state index in [0.717, 1.165) is 42.5 Å². The molecule has 1 aromatic carbocycles. The Bertz CT molecular complexity index is 636. The lowest BCUT2D eigenvalue weighted by Gasteiger charge is -2.31. The molecule has 1 aromatic heterocycles. The summed E-state index contributed by atoms with van der Waals surface area (Å²) in [6.07, 6.45) is 3.83. The molecule has 2 heterocycles. The number of aromatic nitrogens is 1. The Morgan fingerprint density at radius 3 is 2.79 bits per heavy atom. The average Bonchev–Trinajstić information content (AvgIpc) is 2.47. The highest BCUT2D eigenvalue weighted by atomic mass is 15.2. The number of nitriles is 1. The van der Waals surface area contributed by atoms with Gasteiger partial charge in [0.2, 0.25) is 0 Å². The Hall–Kier alpha value is -2.12. The summed E-state index contributed by atoms with van der Waals surface area (Å²) < 4.78 is 0. The zero-order valence-corrected chi connectivity index (χ0v) is 10.7. The summed E-state index contributed by atoms with van der Waals surface area (Å²) in [5.41, 5.74) is 6.63. The van der Waals surface area contributed by atoms with E-state index in [1.807, 2.05) is 30.5 Å². The van der Waals surface area contributed by atoms with Gasteiger partial charge >= 0.3 is 0 Å². The summed E-state index contributed by atoms with van der Waals surface area (Å²) >= 11 is 0. The number of hydrogen-bond donors (Lipinski definition) is 1. The number of rotatable bonds is 1. The lowest BCUT2D eigenvalue weighted by atomic mass is 10.0. The summed E-state index contributed by atoms with van der Waals surface area (Å²) in [5, 5.41) is 11.1. The van der Waals surface area contributed by atoms with Crippen molar-refractivity contribution >= 4 is 16.6 Å². The molecule has 1 saturated heterocycles. The highest BCUT2D eigenvalue weighted by Gasteiger charge is 2.18. The van der Waals surface area contributed by atoms with Crippen molar-refractivity contribution in [3.8, 4) is 6.07 Å². The molecule has 19 heavy (non-hydrogen) atoms. The maximum absolute atomic E-state index is 8.95. The molecule has 2 aromatic rings. The predicted molar refractivity (Wildman–Crippen MR) is 75.9 cm³/mol. The van der Waals surface area contributed by atoms with Gasteiger partial charge in [0.1, 0.15) is 5.82 Å². The molecule has 3 rings (SSSR count). The Balaban J connectivity index is 2.02. The fraction of sp³-hybridized carbons (Fsp3) is 0.333. The Morgan fingerprint density at radius 2 is 2.05 bits per heavy atom. The van der Waals surface area contributed by atoms with E-state index in [2.05, 4.69) is 16.0 Å². The molecule has 2 N–H and O–H groups in total. The van der Waals surface area contributed by atoms with Crippen molar-refractivity contribution in [3.63, 3.8) is 0 Å². The van der Waals surface area contributed by atoms with Gasteiger partial charge in [0.25, 0.3) is 0 Å². The average molecular weight is 252 g/mol.